The lowest BCUT2D eigenvalue weighted by molar-refractivity contribution is -0.304. The molecular weight excluding hydrogens is 352 g/mol. The minimum absolute atomic E-state index is 0.436. The molecule has 12 heteroatoms. The zero-order valence-corrected chi connectivity index (χ0v) is 12.2. The highest BCUT2D eigenvalue weighted by molar-refractivity contribution is 7.72. The van der Waals surface area contributed by atoms with Crippen LogP contribution in [-0.2, 0) is 4.74 Å². The third kappa shape index (κ3) is 2.49. The van der Waals surface area contributed by atoms with Crippen LogP contribution >= 0.6 is 24.4 Å². The van der Waals surface area contributed by atoms with E-state index in [2.05, 4.69) is 17.2 Å². The van der Waals surface area contributed by atoms with Crippen LogP contribution in [0.3, 0.4) is 0 Å². The largest absolute Gasteiger partial charge is 0.424 e. The summed E-state index contributed by atoms with van der Waals surface area (Å²) in [6, 6.07) is 0. The number of hydrogen-bond acceptors (Lipinski definition) is 6. The first-order chi connectivity index (χ1) is 10.0. The second kappa shape index (κ2) is 5.62. The molecule has 0 bridgehead atoms. The number of hydrogen-bond donors (Lipinski definition) is 4. The highest BCUT2D eigenvalue weighted by atomic mass is 32.1. The number of ether oxygens (including phenoxy) is 1. The fraction of sp³-hybridized carbons (Fsp3) is 0.600. The molecule has 0 aromatic carbocycles. The van der Waals surface area contributed by atoms with Crippen LogP contribution in [0.15, 0.2) is 6.20 Å². The number of alkyl halides is 3. The summed E-state index contributed by atoms with van der Waals surface area (Å²) in [5, 5.41) is 28.6. The topological polar surface area (TPSA) is 90.6 Å². The lowest BCUT2D eigenvalue weighted by Crippen LogP contribution is -2.57. The van der Waals surface area contributed by atoms with Crippen molar-refractivity contribution in [2.75, 3.05) is 6.61 Å². The van der Waals surface area contributed by atoms with Gasteiger partial charge in [-0.25, -0.2) is 4.39 Å². The molecule has 124 valence electrons. The van der Waals surface area contributed by atoms with Gasteiger partial charge in [0.15, 0.2) is 16.8 Å². The van der Waals surface area contributed by atoms with Crippen molar-refractivity contribution in [1.82, 2.24) is 9.55 Å². The maximum absolute atomic E-state index is 13.5. The molecule has 1 fully saturated rings. The molecule has 1 aromatic heterocycles. The van der Waals surface area contributed by atoms with Crippen LogP contribution in [0, 0.1) is 15.2 Å². The molecule has 2 heterocycles. The predicted molar refractivity (Wildman–Crippen MR) is 68.4 cm³/mol. The molecule has 2 rings (SSSR count). The van der Waals surface area contributed by atoms with Gasteiger partial charge >= 0.3 is 6.18 Å². The Morgan fingerprint density at radius 1 is 1.41 bits per heavy atom. The predicted octanol–water partition coefficient (Wildman–Crippen LogP) is 0.958. The lowest BCUT2D eigenvalue weighted by Gasteiger charge is -2.33. The number of aliphatic hydroxyl groups excluding tert-OH is 2. The van der Waals surface area contributed by atoms with E-state index in [1.807, 2.05) is 0 Å². The highest BCUT2D eigenvalue weighted by Gasteiger charge is 2.70. The minimum atomic E-state index is -5.33. The van der Waals surface area contributed by atoms with Gasteiger partial charge in [-0.15, -0.1) is 0 Å². The van der Waals surface area contributed by atoms with Crippen molar-refractivity contribution < 1.29 is 37.6 Å². The fourth-order valence-corrected chi connectivity index (χ4v) is 2.60. The second-order valence-corrected chi connectivity index (χ2v) is 5.42. The highest BCUT2D eigenvalue weighted by Crippen LogP contribution is 2.48. The van der Waals surface area contributed by atoms with Crippen molar-refractivity contribution >= 4 is 24.4 Å². The Balaban J connectivity index is 2.65. The van der Waals surface area contributed by atoms with E-state index >= 15 is 0 Å². The van der Waals surface area contributed by atoms with Gasteiger partial charge in [0.2, 0.25) is 5.60 Å². The van der Waals surface area contributed by atoms with Gasteiger partial charge in [0, 0.05) is 6.20 Å². The first-order valence-corrected chi connectivity index (χ1v) is 6.60. The third-order valence-corrected chi connectivity index (χ3v) is 3.90. The number of aliphatic hydroxyl groups is 3. The average Bonchev–Trinajstić information content (AvgIpc) is 2.67. The standard InChI is InChI=1S/C10H10F4N2O4S2/c11-3-1-16(8(22)15-6(3)21)7-9(19,10(12,13)14)5(18)4(2-17)20-7/h1,4-5,7,17-19H,2H2,(H,15,21,22)/t4-,5?,7-,9-/m1/s1. The molecule has 1 unspecified atom stereocenters. The number of halogens is 4. The lowest BCUT2D eigenvalue weighted by atomic mass is 9.93. The van der Waals surface area contributed by atoms with Crippen LogP contribution in [0.5, 0.6) is 0 Å². The van der Waals surface area contributed by atoms with E-state index in [1.54, 1.807) is 0 Å². The molecule has 1 saturated heterocycles. The van der Waals surface area contributed by atoms with E-state index < -0.39 is 52.0 Å². The first-order valence-electron chi connectivity index (χ1n) is 5.78. The van der Waals surface area contributed by atoms with Crippen LogP contribution in [0.2, 0.25) is 0 Å². The second-order valence-electron chi connectivity index (χ2n) is 4.62. The summed E-state index contributed by atoms with van der Waals surface area (Å²) in [4.78, 5) is 2.14. The van der Waals surface area contributed by atoms with Gasteiger partial charge in [-0.05, 0) is 12.2 Å². The monoisotopic (exact) mass is 362 g/mol. The van der Waals surface area contributed by atoms with Crippen molar-refractivity contribution in [3.8, 4) is 0 Å². The average molecular weight is 362 g/mol. The summed E-state index contributed by atoms with van der Waals surface area (Å²) in [7, 11) is 0. The third-order valence-electron chi connectivity index (χ3n) is 3.29. The molecule has 22 heavy (non-hydrogen) atoms. The summed E-state index contributed by atoms with van der Waals surface area (Å²) >= 11 is 9.30. The van der Waals surface area contributed by atoms with Crippen molar-refractivity contribution in [2.24, 2.45) is 0 Å². The van der Waals surface area contributed by atoms with Crippen LogP contribution in [0.25, 0.3) is 0 Å². The van der Waals surface area contributed by atoms with Gasteiger partial charge in [0.1, 0.15) is 16.8 Å². The molecule has 0 saturated carbocycles. The van der Waals surface area contributed by atoms with E-state index in [-0.39, 0.29) is 0 Å². The van der Waals surface area contributed by atoms with Gasteiger partial charge < -0.3 is 25.0 Å². The van der Waals surface area contributed by atoms with Crippen LogP contribution in [0.4, 0.5) is 17.6 Å². The molecule has 1 aromatic rings. The SMILES string of the molecule is OC[C@H]1O[C@@H](n2cc(F)c(=S)[nH]c2=S)[C@@](O)(C(F)(F)F)C1O. The van der Waals surface area contributed by atoms with Crippen molar-refractivity contribution in [3.63, 3.8) is 0 Å². The van der Waals surface area contributed by atoms with Gasteiger partial charge in [-0.3, -0.25) is 4.57 Å². The number of nitrogens with one attached hydrogen (secondary N) is 1. The molecule has 4 N–H and O–H groups in total. The van der Waals surface area contributed by atoms with Crippen LogP contribution in [0.1, 0.15) is 6.23 Å². The Bertz CT molecular complexity index is 691. The quantitative estimate of drug-likeness (QED) is 0.463. The number of H-pyrrole nitrogens is 1. The molecule has 0 amide bonds. The molecule has 4 atom stereocenters. The van der Waals surface area contributed by atoms with E-state index in [4.69, 9.17) is 22.1 Å². The van der Waals surface area contributed by atoms with Crippen molar-refractivity contribution in [1.29, 1.82) is 0 Å². The Morgan fingerprint density at radius 2 is 2.00 bits per heavy atom. The van der Waals surface area contributed by atoms with Crippen molar-refractivity contribution in [3.05, 3.63) is 21.4 Å². The molecule has 1 aliphatic heterocycles. The number of nitrogens with zero attached hydrogens (tertiary/aromatic N) is 1. The van der Waals surface area contributed by atoms with E-state index in [9.17, 15) is 27.8 Å². The molecule has 0 aliphatic carbocycles. The molecule has 6 nitrogen and oxygen atoms in total. The van der Waals surface area contributed by atoms with Gasteiger partial charge in [-0.2, -0.15) is 13.2 Å². The van der Waals surface area contributed by atoms with Crippen molar-refractivity contribution in [2.45, 2.75) is 30.2 Å². The Labute approximate surface area is 130 Å². The van der Waals surface area contributed by atoms with E-state index in [0.717, 1.165) is 0 Å². The minimum Gasteiger partial charge on any atom is -0.394 e. The molecule has 0 radical (unpaired) electrons. The maximum Gasteiger partial charge on any atom is 0.424 e. The summed E-state index contributed by atoms with van der Waals surface area (Å²) in [6.45, 7) is -0.991. The summed E-state index contributed by atoms with van der Waals surface area (Å²) in [6.07, 6.45) is -11.3. The first kappa shape index (κ1) is 17.4. The number of aromatic nitrogens is 2. The fourth-order valence-electron chi connectivity index (χ4n) is 2.14. The summed E-state index contributed by atoms with van der Waals surface area (Å²) in [5.74, 6) is -1.10. The Hall–Kier alpha value is -0.920. The van der Waals surface area contributed by atoms with E-state index in [1.165, 1.54) is 0 Å². The zero-order chi connectivity index (χ0) is 16.9. The zero-order valence-electron chi connectivity index (χ0n) is 10.5. The van der Waals surface area contributed by atoms with Gasteiger partial charge in [0.25, 0.3) is 0 Å². The van der Waals surface area contributed by atoms with E-state index in [0.29, 0.717) is 10.8 Å². The summed E-state index contributed by atoms with van der Waals surface area (Å²) < 4.78 is 57.5. The van der Waals surface area contributed by atoms with Crippen LogP contribution in [-0.4, -0.2) is 55.5 Å². The smallest absolute Gasteiger partial charge is 0.394 e. The Kier molecular flexibility index (Phi) is 4.45. The Morgan fingerprint density at radius 3 is 2.50 bits per heavy atom. The molecule has 0 spiro atoms. The van der Waals surface area contributed by atoms with Gasteiger partial charge in [-0.1, -0.05) is 12.2 Å². The molecule has 1 aliphatic rings. The number of aromatic amines is 1. The van der Waals surface area contributed by atoms with Crippen LogP contribution < -0.4 is 0 Å². The normalized spacial score (nSPS) is 32.4. The molecular formula is C10H10F4N2O4S2. The number of rotatable bonds is 2. The maximum atomic E-state index is 13.5. The van der Waals surface area contributed by atoms with Gasteiger partial charge in [0.05, 0.1) is 6.61 Å². The summed E-state index contributed by atoms with van der Waals surface area (Å²) in [5.41, 5.74) is -3.79.